The molecule has 2 aliphatic heterocycles. The molecule has 7 nitrogen and oxygen atoms in total. The van der Waals surface area contributed by atoms with Crippen molar-refractivity contribution < 1.29 is 13.9 Å². The second kappa shape index (κ2) is 9.62. The standard InChI is InChI=1S/C25H30FN5O2/c1-18(15-29-27-2)20-4-6-22(7-5-20)30-17-25(8-10-28-11-9-25)31(24(30)32)16-19-12-21(26)14-23(13-19)33-3/h4-7,12-15,28-29H,2,8-11,16-17H2,1,3H3/b18-15+. The average molecular weight is 452 g/mol. The molecule has 1 spiro atoms. The first-order valence-corrected chi connectivity index (χ1v) is 11.1. The topological polar surface area (TPSA) is 69.2 Å². The van der Waals surface area contributed by atoms with Crippen molar-refractivity contribution >= 4 is 24.0 Å². The number of piperidine rings is 1. The summed E-state index contributed by atoms with van der Waals surface area (Å²) in [5.74, 6) is 0.0837. The zero-order chi connectivity index (χ0) is 23.4. The molecule has 2 aromatic rings. The third kappa shape index (κ3) is 4.71. The van der Waals surface area contributed by atoms with Crippen LogP contribution in [0.4, 0.5) is 14.9 Å². The molecule has 8 heteroatoms. The molecule has 2 aromatic carbocycles. The summed E-state index contributed by atoms with van der Waals surface area (Å²) in [5, 5.41) is 7.02. The number of halogens is 1. The van der Waals surface area contributed by atoms with Crippen molar-refractivity contribution in [2.24, 2.45) is 5.10 Å². The number of rotatable bonds is 7. The van der Waals surface area contributed by atoms with Gasteiger partial charge in [-0.25, -0.2) is 9.18 Å². The Morgan fingerprint density at radius 2 is 2.00 bits per heavy atom. The molecular weight excluding hydrogens is 421 g/mol. The molecule has 0 unspecified atom stereocenters. The number of ether oxygens (including phenoxy) is 1. The largest absolute Gasteiger partial charge is 0.497 e. The predicted molar refractivity (Wildman–Crippen MR) is 129 cm³/mol. The molecule has 2 aliphatic rings. The Morgan fingerprint density at radius 1 is 1.27 bits per heavy atom. The predicted octanol–water partition coefficient (Wildman–Crippen LogP) is 3.96. The molecule has 0 aliphatic carbocycles. The third-order valence-corrected chi connectivity index (χ3v) is 6.54. The number of carbonyl (C=O) groups is 1. The highest BCUT2D eigenvalue weighted by Gasteiger charge is 2.50. The van der Waals surface area contributed by atoms with Gasteiger partial charge in [0.2, 0.25) is 0 Å². The highest BCUT2D eigenvalue weighted by molar-refractivity contribution is 5.95. The molecule has 2 N–H and O–H groups in total. The second-order valence-electron chi connectivity index (χ2n) is 8.59. The first-order valence-electron chi connectivity index (χ1n) is 11.1. The lowest BCUT2D eigenvalue weighted by molar-refractivity contribution is 0.119. The van der Waals surface area contributed by atoms with Gasteiger partial charge < -0.3 is 15.0 Å². The van der Waals surface area contributed by atoms with E-state index in [1.165, 1.54) is 19.2 Å². The fourth-order valence-corrected chi connectivity index (χ4v) is 4.70. The molecular formula is C25H30FN5O2. The minimum absolute atomic E-state index is 0.0577. The zero-order valence-corrected chi connectivity index (χ0v) is 19.1. The van der Waals surface area contributed by atoms with Crippen molar-refractivity contribution in [3.63, 3.8) is 0 Å². The maximum atomic E-state index is 14.1. The number of benzene rings is 2. The van der Waals surface area contributed by atoms with Gasteiger partial charge in [0.25, 0.3) is 0 Å². The van der Waals surface area contributed by atoms with Crippen LogP contribution in [-0.4, -0.2) is 49.9 Å². The number of hydrogen-bond donors (Lipinski definition) is 2. The summed E-state index contributed by atoms with van der Waals surface area (Å²) in [6, 6.07) is 12.5. The number of nitrogens with one attached hydrogen (secondary N) is 2. The van der Waals surface area contributed by atoms with Crippen molar-refractivity contribution in [2.75, 3.05) is 31.6 Å². The van der Waals surface area contributed by atoms with E-state index in [9.17, 15) is 9.18 Å². The maximum absolute atomic E-state index is 14.1. The van der Waals surface area contributed by atoms with E-state index in [1.807, 2.05) is 41.0 Å². The van der Waals surface area contributed by atoms with E-state index in [4.69, 9.17) is 4.74 Å². The summed E-state index contributed by atoms with van der Waals surface area (Å²) < 4.78 is 19.3. The number of urea groups is 1. The van der Waals surface area contributed by atoms with E-state index >= 15 is 0 Å². The Labute approximate surface area is 193 Å². The minimum atomic E-state index is -0.368. The van der Waals surface area contributed by atoms with Gasteiger partial charge in [0.05, 0.1) is 19.2 Å². The highest BCUT2D eigenvalue weighted by Crippen LogP contribution is 2.38. The lowest BCUT2D eigenvalue weighted by atomic mass is 9.87. The summed E-state index contributed by atoms with van der Waals surface area (Å²) in [5.41, 5.74) is 6.06. The quantitative estimate of drug-likeness (QED) is 0.494. The van der Waals surface area contributed by atoms with E-state index in [0.717, 1.165) is 48.3 Å². The summed E-state index contributed by atoms with van der Waals surface area (Å²) in [7, 11) is 1.51. The van der Waals surface area contributed by atoms with Gasteiger partial charge in [-0.2, -0.15) is 5.10 Å². The first kappa shape index (κ1) is 22.8. The number of hydrazone groups is 1. The number of hydrogen-bond acceptors (Lipinski definition) is 5. The van der Waals surface area contributed by atoms with Crippen LogP contribution < -0.4 is 20.4 Å². The van der Waals surface area contributed by atoms with Gasteiger partial charge in [0.15, 0.2) is 0 Å². The van der Waals surface area contributed by atoms with Crippen LogP contribution in [0.3, 0.4) is 0 Å². The van der Waals surface area contributed by atoms with Gasteiger partial charge in [-0.1, -0.05) is 12.1 Å². The van der Waals surface area contributed by atoms with Gasteiger partial charge in [-0.3, -0.25) is 10.3 Å². The lowest BCUT2D eigenvalue weighted by Crippen LogP contribution is -2.53. The summed E-state index contributed by atoms with van der Waals surface area (Å²) >= 11 is 0. The lowest BCUT2D eigenvalue weighted by Gasteiger charge is -2.40. The van der Waals surface area contributed by atoms with Gasteiger partial charge in [0.1, 0.15) is 11.6 Å². The van der Waals surface area contributed by atoms with Crippen LogP contribution in [0.2, 0.25) is 0 Å². The Hall–Kier alpha value is -3.39. The molecule has 0 bridgehead atoms. The first-order chi connectivity index (χ1) is 16.0. The summed E-state index contributed by atoms with van der Waals surface area (Å²) in [6.07, 6.45) is 3.48. The van der Waals surface area contributed by atoms with E-state index in [1.54, 1.807) is 12.3 Å². The fourth-order valence-electron chi connectivity index (χ4n) is 4.70. The SMILES string of the molecule is C=NN/C=C(\C)c1ccc(N2CC3(CCNCC3)N(Cc3cc(F)cc(OC)c3)C2=O)cc1. The number of anilines is 1. The Bertz CT molecular complexity index is 1050. The van der Waals surface area contributed by atoms with E-state index in [-0.39, 0.29) is 17.4 Å². The molecule has 2 saturated heterocycles. The molecule has 2 fully saturated rings. The van der Waals surface area contributed by atoms with Crippen molar-refractivity contribution in [3.8, 4) is 5.75 Å². The molecule has 174 valence electrons. The van der Waals surface area contributed by atoms with Gasteiger partial charge in [-0.05, 0) is 73.8 Å². The number of methoxy groups -OCH3 is 1. The van der Waals surface area contributed by atoms with Crippen molar-refractivity contribution in [1.29, 1.82) is 0 Å². The van der Waals surface area contributed by atoms with Crippen LogP contribution in [0.15, 0.2) is 53.8 Å². The number of nitrogens with zero attached hydrogens (tertiary/aromatic N) is 3. The van der Waals surface area contributed by atoms with Gasteiger partial charge >= 0.3 is 6.03 Å². The normalized spacial score (nSPS) is 18.0. The van der Waals surface area contributed by atoms with Gasteiger partial charge in [-0.15, -0.1) is 0 Å². The Kier molecular flexibility index (Phi) is 6.65. The molecule has 4 rings (SSSR count). The molecule has 0 aromatic heterocycles. The average Bonchev–Trinajstić information content (AvgIpc) is 3.08. The zero-order valence-electron chi connectivity index (χ0n) is 19.1. The monoisotopic (exact) mass is 451 g/mol. The number of carbonyl (C=O) groups excluding carboxylic acids is 1. The van der Waals surface area contributed by atoms with E-state index < -0.39 is 0 Å². The fraction of sp³-hybridized carbons (Fsp3) is 0.360. The van der Waals surface area contributed by atoms with Crippen molar-refractivity contribution in [3.05, 3.63) is 65.6 Å². The van der Waals surface area contributed by atoms with Crippen LogP contribution in [0, 0.1) is 5.82 Å². The van der Waals surface area contributed by atoms with Crippen molar-refractivity contribution in [2.45, 2.75) is 31.8 Å². The third-order valence-electron chi connectivity index (χ3n) is 6.54. The number of amides is 2. The second-order valence-corrected chi connectivity index (χ2v) is 8.59. The van der Waals surface area contributed by atoms with Crippen LogP contribution in [0.1, 0.15) is 30.9 Å². The summed E-state index contributed by atoms with van der Waals surface area (Å²) in [4.78, 5) is 17.4. The molecule has 2 heterocycles. The molecule has 2 amide bonds. The minimum Gasteiger partial charge on any atom is -0.497 e. The number of allylic oxidation sites excluding steroid dienone is 1. The highest BCUT2D eigenvalue weighted by atomic mass is 19.1. The Morgan fingerprint density at radius 3 is 2.67 bits per heavy atom. The van der Waals surface area contributed by atoms with Crippen LogP contribution in [0.25, 0.3) is 5.57 Å². The van der Waals surface area contributed by atoms with E-state index in [0.29, 0.717) is 18.8 Å². The van der Waals surface area contributed by atoms with Crippen molar-refractivity contribution in [1.82, 2.24) is 15.6 Å². The molecule has 0 atom stereocenters. The van der Waals surface area contributed by atoms with Crippen LogP contribution in [-0.2, 0) is 6.54 Å². The van der Waals surface area contributed by atoms with Crippen LogP contribution >= 0.6 is 0 Å². The summed E-state index contributed by atoms with van der Waals surface area (Å²) in [6.45, 7) is 8.02. The van der Waals surface area contributed by atoms with E-state index in [2.05, 4.69) is 22.6 Å². The molecule has 0 radical (unpaired) electrons. The maximum Gasteiger partial charge on any atom is 0.325 e. The molecule has 0 saturated carbocycles. The molecule has 33 heavy (non-hydrogen) atoms. The Balaban J connectivity index is 1.62. The smallest absolute Gasteiger partial charge is 0.325 e. The van der Waals surface area contributed by atoms with Gasteiger partial charge in [0, 0.05) is 31.2 Å². The van der Waals surface area contributed by atoms with Crippen LogP contribution in [0.5, 0.6) is 5.75 Å².